The normalized spacial score (nSPS) is 20.4. The number of hydrogen-bond donors (Lipinski definition) is 1. The lowest BCUT2D eigenvalue weighted by molar-refractivity contribution is -0.140. The third-order valence-electron chi connectivity index (χ3n) is 3.97. The molecule has 4 nitrogen and oxygen atoms in total. The van der Waals surface area contributed by atoms with Gasteiger partial charge in [0, 0.05) is 13.0 Å². The van der Waals surface area contributed by atoms with Crippen molar-refractivity contribution in [2.45, 2.75) is 64.5 Å². The van der Waals surface area contributed by atoms with Crippen LogP contribution in [-0.4, -0.2) is 34.8 Å². The van der Waals surface area contributed by atoms with E-state index in [1.54, 1.807) is 4.90 Å². The average molecular weight is 264 g/mol. The molecule has 0 saturated carbocycles. The fourth-order valence-corrected chi connectivity index (χ4v) is 2.61. The summed E-state index contributed by atoms with van der Waals surface area (Å²) in [6, 6.07) is -0.206. The van der Waals surface area contributed by atoms with Crippen molar-refractivity contribution in [1.29, 1.82) is 0 Å². The fraction of sp³-hybridized carbons (Fsp3) is 0.733. The van der Waals surface area contributed by atoms with Crippen LogP contribution in [0.15, 0.2) is 0 Å². The highest BCUT2D eigenvalue weighted by atomic mass is 16.2. The highest BCUT2D eigenvalue weighted by Crippen LogP contribution is 2.24. The zero-order valence-corrected chi connectivity index (χ0v) is 12.2. The summed E-state index contributed by atoms with van der Waals surface area (Å²) in [5, 5.41) is 2.89. The summed E-state index contributed by atoms with van der Waals surface area (Å²) in [4.78, 5) is 26.3. The number of terminal acetylenes is 1. The van der Waals surface area contributed by atoms with Crippen LogP contribution in [0.3, 0.4) is 0 Å². The van der Waals surface area contributed by atoms with Gasteiger partial charge in [-0.15, -0.1) is 6.42 Å². The van der Waals surface area contributed by atoms with Crippen molar-refractivity contribution in [3.63, 3.8) is 0 Å². The first-order valence-electron chi connectivity index (χ1n) is 7.12. The maximum Gasteiger partial charge on any atom is 0.249 e. The van der Waals surface area contributed by atoms with E-state index >= 15 is 0 Å². The second-order valence-electron chi connectivity index (χ2n) is 5.06. The zero-order valence-electron chi connectivity index (χ0n) is 12.2. The number of nitrogens with one attached hydrogen (secondary N) is 1. The fourth-order valence-electron chi connectivity index (χ4n) is 2.61. The molecule has 1 saturated heterocycles. The minimum Gasteiger partial charge on any atom is -0.342 e. The number of amides is 2. The van der Waals surface area contributed by atoms with E-state index in [1.807, 2.05) is 20.8 Å². The molecule has 1 unspecified atom stereocenters. The number of carbonyl (C=O) groups is 2. The molecule has 1 aliphatic rings. The molecule has 0 aliphatic carbocycles. The van der Waals surface area contributed by atoms with Crippen molar-refractivity contribution in [3.05, 3.63) is 0 Å². The maximum absolute atomic E-state index is 12.8. The Balaban J connectivity index is 3.08. The zero-order chi connectivity index (χ0) is 14.5. The van der Waals surface area contributed by atoms with Crippen LogP contribution in [0.4, 0.5) is 0 Å². The molecular weight excluding hydrogens is 240 g/mol. The van der Waals surface area contributed by atoms with Gasteiger partial charge in [-0.1, -0.05) is 33.1 Å². The summed E-state index contributed by atoms with van der Waals surface area (Å²) in [6.45, 7) is 6.32. The summed E-state index contributed by atoms with van der Waals surface area (Å²) >= 11 is 0. The van der Waals surface area contributed by atoms with Gasteiger partial charge in [-0.25, -0.2) is 0 Å². The van der Waals surface area contributed by atoms with E-state index in [9.17, 15) is 9.59 Å². The lowest BCUT2D eigenvalue weighted by Crippen LogP contribution is -2.58. The molecule has 0 aromatic carbocycles. The van der Waals surface area contributed by atoms with E-state index in [4.69, 9.17) is 6.42 Å². The summed E-state index contributed by atoms with van der Waals surface area (Å²) in [6.07, 6.45) is 8.77. The Morgan fingerprint density at radius 1 is 1.37 bits per heavy atom. The van der Waals surface area contributed by atoms with Gasteiger partial charge in [0.05, 0.1) is 6.04 Å². The molecule has 0 spiro atoms. The van der Waals surface area contributed by atoms with Crippen LogP contribution >= 0.6 is 0 Å². The first-order chi connectivity index (χ1) is 9.04. The van der Waals surface area contributed by atoms with Gasteiger partial charge >= 0.3 is 0 Å². The number of hydrogen-bond acceptors (Lipinski definition) is 2. The van der Waals surface area contributed by atoms with E-state index in [-0.39, 0.29) is 17.9 Å². The van der Waals surface area contributed by atoms with Gasteiger partial charge < -0.3 is 10.2 Å². The van der Waals surface area contributed by atoms with Crippen LogP contribution in [0, 0.1) is 12.3 Å². The van der Waals surface area contributed by atoms with E-state index in [2.05, 4.69) is 11.2 Å². The van der Waals surface area contributed by atoms with E-state index < -0.39 is 5.54 Å². The predicted octanol–water partition coefficient (Wildman–Crippen LogP) is 1.70. The Hall–Kier alpha value is -1.50. The smallest absolute Gasteiger partial charge is 0.249 e. The van der Waals surface area contributed by atoms with Gasteiger partial charge in [-0.3, -0.25) is 9.59 Å². The average Bonchev–Trinajstić information content (AvgIpc) is 2.54. The van der Waals surface area contributed by atoms with Crippen LogP contribution in [-0.2, 0) is 9.59 Å². The summed E-state index contributed by atoms with van der Waals surface area (Å²) in [5.74, 6) is 2.61. The molecule has 1 heterocycles. The van der Waals surface area contributed by atoms with Crippen molar-refractivity contribution >= 4 is 11.8 Å². The quantitative estimate of drug-likeness (QED) is 0.768. The van der Waals surface area contributed by atoms with Gasteiger partial charge in [0.2, 0.25) is 11.8 Å². The maximum atomic E-state index is 12.8. The Bertz CT molecular complexity index is 380. The summed E-state index contributed by atoms with van der Waals surface area (Å²) in [7, 11) is 0. The highest BCUT2D eigenvalue weighted by Gasteiger charge is 2.43. The molecule has 1 N–H and O–H groups in total. The van der Waals surface area contributed by atoms with Crippen LogP contribution in [0.25, 0.3) is 0 Å². The molecule has 1 fully saturated rings. The Morgan fingerprint density at radius 2 is 2.00 bits per heavy atom. The number of nitrogens with zero attached hydrogens (tertiary/aromatic N) is 1. The molecule has 1 rings (SSSR count). The van der Waals surface area contributed by atoms with Gasteiger partial charge in [0.1, 0.15) is 5.54 Å². The second kappa shape index (κ2) is 6.60. The largest absolute Gasteiger partial charge is 0.342 e. The SMILES string of the molecule is C#CC(CCC)N1CCC(=O)NC(CC)(CC)C1=O. The van der Waals surface area contributed by atoms with Gasteiger partial charge in [0.25, 0.3) is 0 Å². The van der Waals surface area contributed by atoms with Crippen molar-refractivity contribution in [2.24, 2.45) is 0 Å². The summed E-state index contributed by atoms with van der Waals surface area (Å²) < 4.78 is 0. The minimum absolute atomic E-state index is 0.0280. The third kappa shape index (κ3) is 3.09. The molecule has 0 aromatic rings. The van der Waals surface area contributed by atoms with Crippen molar-refractivity contribution in [3.8, 4) is 12.3 Å². The van der Waals surface area contributed by atoms with Crippen molar-refractivity contribution < 1.29 is 9.59 Å². The molecule has 0 radical (unpaired) electrons. The molecule has 1 atom stereocenters. The molecule has 1 aliphatic heterocycles. The van der Waals surface area contributed by atoms with E-state index in [1.165, 1.54) is 0 Å². The molecular formula is C15H24N2O2. The van der Waals surface area contributed by atoms with Crippen LogP contribution in [0.2, 0.25) is 0 Å². The van der Waals surface area contributed by atoms with Crippen LogP contribution in [0.1, 0.15) is 52.9 Å². The minimum atomic E-state index is -0.781. The lowest BCUT2D eigenvalue weighted by Gasteiger charge is -2.36. The Kier molecular flexibility index (Phi) is 5.41. The predicted molar refractivity (Wildman–Crippen MR) is 75.3 cm³/mol. The third-order valence-corrected chi connectivity index (χ3v) is 3.97. The van der Waals surface area contributed by atoms with E-state index in [0.717, 1.165) is 12.8 Å². The molecule has 19 heavy (non-hydrogen) atoms. The first-order valence-corrected chi connectivity index (χ1v) is 7.12. The second-order valence-corrected chi connectivity index (χ2v) is 5.06. The summed E-state index contributed by atoms with van der Waals surface area (Å²) in [5.41, 5.74) is -0.781. The number of rotatable bonds is 5. The molecule has 106 valence electrons. The molecule has 4 heteroatoms. The van der Waals surface area contributed by atoms with Gasteiger partial charge in [-0.05, 0) is 19.3 Å². The van der Waals surface area contributed by atoms with Gasteiger partial charge in [0.15, 0.2) is 0 Å². The van der Waals surface area contributed by atoms with Gasteiger partial charge in [-0.2, -0.15) is 0 Å². The van der Waals surface area contributed by atoms with Crippen LogP contribution < -0.4 is 5.32 Å². The molecule has 0 aromatic heterocycles. The Labute approximate surface area is 115 Å². The molecule has 2 amide bonds. The monoisotopic (exact) mass is 264 g/mol. The van der Waals surface area contributed by atoms with Crippen molar-refractivity contribution in [2.75, 3.05) is 6.54 Å². The number of carbonyl (C=O) groups excluding carboxylic acids is 2. The first kappa shape index (κ1) is 15.6. The molecule has 0 bridgehead atoms. The van der Waals surface area contributed by atoms with Crippen molar-refractivity contribution in [1.82, 2.24) is 10.2 Å². The standard InChI is InChI=1S/C15H24N2O2/c1-5-9-12(6-2)17-11-10-13(18)16-15(7-3,8-4)14(17)19/h2,12H,5,7-11H2,1,3-4H3,(H,16,18). The highest BCUT2D eigenvalue weighted by molar-refractivity contribution is 5.93. The lowest BCUT2D eigenvalue weighted by atomic mass is 9.90. The van der Waals surface area contributed by atoms with E-state index in [0.29, 0.717) is 25.8 Å². The topological polar surface area (TPSA) is 49.4 Å². The Morgan fingerprint density at radius 3 is 2.47 bits per heavy atom. The van der Waals surface area contributed by atoms with Crippen LogP contribution in [0.5, 0.6) is 0 Å².